The van der Waals surface area contributed by atoms with Gasteiger partial charge in [-0.25, -0.2) is 9.18 Å². The third-order valence-corrected chi connectivity index (χ3v) is 5.83. The number of hydrogen-bond donors (Lipinski definition) is 1. The maximum atomic E-state index is 14.7. The number of urea groups is 1. The van der Waals surface area contributed by atoms with Crippen molar-refractivity contribution in [1.82, 2.24) is 15.1 Å². The third-order valence-electron chi connectivity index (χ3n) is 5.46. The van der Waals surface area contributed by atoms with Crippen molar-refractivity contribution < 1.29 is 9.18 Å². The molecule has 2 aliphatic rings. The van der Waals surface area contributed by atoms with E-state index in [1.807, 2.05) is 0 Å². The maximum Gasteiger partial charge on any atom is 0.317 e. The number of halogens is 2. The van der Waals surface area contributed by atoms with Gasteiger partial charge in [0, 0.05) is 30.1 Å². The molecule has 0 bridgehead atoms. The fourth-order valence-electron chi connectivity index (χ4n) is 3.32. The zero-order valence-electron chi connectivity index (χ0n) is 16.2. The van der Waals surface area contributed by atoms with E-state index in [1.165, 1.54) is 0 Å². The van der Waals surface area contributed by atoms with Gasteiger partial charge in [0.05, 0.1) is 11.1 Å². The summed E-state index contributed by atoms with van der Waals surface area (Å²) < 4.78 is 14.7. The van der Waals surface area contributed by atoms with Gasteiger partial charge < -0.3 is 15.1 Å². The number of nitrogens with zero attached hydrogens (tertiary/aromatic N) is 2. The fourth-order valence-corrected chi connectivity index (χ4v) is 3.54. The molecule has 1 saturated heterocycles. The smallest absolute Gasteiger partial charge is 0.317 e. The van der Waals surface area contributed by atoms with E-state index in [0.717, 1.165) is 38.8 Å². The summed E-state index contributed by atoms with van der Waals surface area (Å²) >= 11 is 6.18. The lowest BCUT2D eigenvalue weighted by Gasteiger charge is -2.35. The van der Waals surface area contributed by atoms with Gasteiger partial charge in [0.2, 0.25) is 0 Å². The van der Waals surface area contributed by atoms with E-state index in [0.29, 0.717) is 17.0 Å². The van der Waals surface area contributed by atoms with Crippen molar-refractivity contribution in [3.05, 3.63) is 34.1 Å². The Labute approximate surface area is 166 Å². The lowest BCUT2D eigenvalue weighted by Crippen LogP contribution is -2.48. The monoisotopic (exact) mass is 391 g/mol. The molecule has 1 atom stereocenters. The molecule has 1 heterocycles. The highest BCUT2D eigenvalue weighted by Crippen LogP contribution is 2.30. The van der Waals surface area contributed by atoms with E-state index in [-0.39, 0.29) is 17.1 Å². The molecule has 1 saturated carbocycles. The van der Waals surface area contributed by atoms with Crippen molar-refractivity contribution in [1.29, 1.82) is 0 Å². The van der Waals surface area contributed by atoms with Crippen molar-refractivity contribution in [3.8, 4) is 11.8 Å². The van der Waals surface area contributed by atoms with Crippen LogP contribution in [0.25, 0.3) is 0 Å². The summed E-state index contributed by atoms with van der Waals surface area (Å²) in [4.78, 5) is 16.6. The molecule has 2 fully saturated rings. The van der Waals surface area contributed by atoms with Crippen LogP contribution in [0.5, 0.6) is 0 Å². The minimum absolute atomic E-state index is 0.0328. The van der Waals surface area contributed by atoms with E-state index < -0.39 is 11.9 Å². The van der Waals surface area contributed by atoms with Crippen LogP contribution >= 0.6 is 11.6 Å². The van der Waals surface area contributed by atoms with Gasteiger partial charge in [-0.05, 0) is 58.8 Å². The van der Waals surface area contributed by atoms with Crippen LogP contribution in [0.3, 0.4) is 0 Å². The van der Waals surface area contributed by atoms with E-state index in [4.69, 9.17) is 11.6 Å². The Morgan fingerprint density at radius 3 is 2.63 bits per heavy atom. The molecule has 2 amide bonds. The largest absolute Gasteiger partial charge is 0.331 e. The number of benzene rings is 1. The number of rotatable bonds is 3. The Bertz CT molecular complexity index is 761. The molecule has 1 N–H and O–H groups in total. The summed E-state index contributed by atoms with van der Waals surface area (Å²) in [6.45, 7) is 3.72. The SMILES string of the molecule is CC(NC(=O)N(C)C1CCN(C)CC1)c1ccc(C#CC2CC2)c(Cl)c1F. The summed E-state index contributed by atoms with van der Waals surface area (Å²) in [6.07, 6.45) is 4.12. The molecule has 146 valence electrons. The predicted octanol–water partition coefficient (Wildman–Crippen LogP) is 4.04. The van der Waals surface area contributed by atoms with Crippen LogP contribution in [0, 0.1) is 23.6 Å². The Hall–Kier alpha value is -1.77. The summed E-state index contributed by atoms with van der Waals surface area (Å²) in [6, 6.07) is 2.94. The molecular formula is C21H27ClFN3O. The van der Waals surface area contributed by atoms with Gasteiger partial charge in [-0.1, -0.05) is 29.5 Å². The van der Waals surface area contributed by atoms with E-state index in [9.17, 15) is 9.18 Å². The number of likely N-dealkylation sites (tertiary alicyclic amines) is 1. The van der Waals surface area contributed by atoms with Crippen molar-refractivity contribution in [2.45, 2.75) is 44.7 Å². The maximum absolute atomic E-state index is 14.7. The first-order chi connectivity index (χ1) is 12.9. The molecule has 6 heteroatoms. The van der Waals surface area contributed by atoms with Crippen LogP contribution in [0.4, 0.5) is 9.18 Å². The molecule has 4 nitrogen and oxygen atoms in total. The van der Waals surface area contributed by atoms with Crippen LogP contribution < -0.4 is 5.32 Å². The second-order valence-corrected chi connectivity index (χ2v) is 8.07. The van der Waals surface area contributed by atoms with Gasteiger partial charge in [-0.2, -0.15) is 0 Å². The molecule has 27 heavy (non-hydrogen) atoms. The van der Waals surface area contributed by atoms with Gasteiger partial charge in [0.15, 0.2) is 0 Å². The molecule has 1 unspecified atom stereocenters. The van der Waals surface area contributed by atoms with Gasteiger partial charge in [-0.15, -0.1) is 0 Å². The van der Waals surface area contributed by atoms with Crippen molar-refractivity contribution in [3.63, 3.8) is 0 Å². The van der Waals surface area contributed by atoms with E-state index >= 15 is 0 Å². The Morgan fingerprint density at radius 1 is 1.33 bits per heavy atom. The van der Waals surface area contributed by atoms with Crippen molar-refractivity contribution in [2.24, 2.45) is 5.92 Å². The highest BCUT2D eigenvalue weighted by molar-refractivity contribution is 6.32. The zero-order chi connectivity index (χ0) is 19.6. The molecular weight excluding hydrogens is 365 g/mol. The van der Waals surface area contributed by atoms with Crippen molar-refractivity contribution >= 4 is 17.6 Å². The van der Waals surface area contributed by atoms with E-state index in [1.54, 1.807) is 31.0 Å². The van der Waals surface area contributed by atoms with Gasteiger partial charge >= 0.3 is 6.03 Å². The van der Waals surface area contributed by atoms with Gasteiger partial charge in [0.25, 0.3) is 0 Å². The average molecular weight is 392 g/mol. The summed E-state index contributed by atoms with van der Waals surface area (Å²) in [5, 5.41) is 2.92. The molecule has 0 radical (unpaired) electrons. The van der Waals surface area contributed by atoms with Crippen molar-refractivity contribution in [2.75, 3.05) is 27.2 Å². The number of piperidine rings is 1. The number of carbonyl (C=O) groups is 1. The Balaban J connectivity index is 1.64. The first-order valence-corrected chi connectivity index (χ1v) is 9.96. The minimum atomic E-state index is -0.506. The molecule has 0 spiro atoms. The topological polar surface area (TPSA) is 35.6 Å². The summed E-state index contributed by atoms with van der Waals surface area (Å²) in [5.74, 6) is 5.98. The van der Waals surface area contributed by atoms with Gasteiger partial charge in [0.1, 0.15) is 5.82 Å². The highest BCUT2D eigenvalue weighted by Gasteiger charge is 2.26. The van der Waals surface area contributed by atoms with Crippen LogP contribution in [0.1, 0.15) is 49.8 Å². The minimum Gasteiger partial charge on any atom is -0.331 e. The zero-order valence-corrected chi connectivity index (χ0v) is 16.9. The number of carbonyl (C=O) groups excluding carboxylic acids is 1. The molecule has 3 rings (SSSR count). The van der Waals surface area contributed by atoms with E-state index in [2.05, 4.69) is 29.1 Å². The molecule has 1 aromatic carbocycles. The van der Waals surface area contributed by atoms with Crippen LogP contribution in [0.15, 0.2) is 12.1 Å². The quantitative estimate of drug-likeness (QED) is 0.789. The molecule has 1 aromatic rings. The third kappa shape index (κ3) is 4.94. The second kappa shape index (κ2) is 8.50. The molecule has 1 aliphatic carbocycles. The normalized spacial score (nSPS) is 19.1. The highest BCUT2D eigenvalue weighted by atomic mass is 35.5. The Kier molecular flexibility index (Phi) is 6.29. The van der Waals surface area contributed by atoms with Crippen LogP contribution in [-0.2, 0) is 0 Å². The number of amides is 2. The first-order valence-electron chi connectivity index (χ1n) is 9.58. The summed E-state index contributed by atoms with van der Waals surface area (Å²) in [7, 11) is 3.89. The first kappa shape index (κ1) is 20.0. The average Bonchev–Trinajstić information content (AvgIpc) is 3.47. The second-order valence-electron chi connectivity index (χ2n) is 7.69. The number of nitrogens with one attached hydrogen (secondary N) is 1. The van der Waals surface area contributed by atoms with Crippen LogP contribution in [0.2, 0.25) is 5.02 Å². The lowest BCUT2D eigenvalue weighted by atomic mass is 10.0. The standard InChI is InChI=1S/C21H27ClFN3O/c1-14(24-21(27)26(3)17-10-12-25(2)13-11-17)18-9-8-16(19(22)20(18)23)7-6-15-4-5-15/h8-9,14-15,17H,4-5,10-13H2,1-3H3,(H,24,27). The summed E-state index contributed by atoms with van der Waals surface area (Å²) in [5.41, 5.74) is 0.883. The number of hydrogen-bond acceptors (Lipinski definition) is 2. The predicted molar refractivity (Wildman–Crippen MR) is 106 cm³/mol. The lowest BCUT2D eigenvalue weighted by molar-refractivity contribution is 0.146. The fraction of sp³-hybridized carbons (Fsp3) is 0.571. The van der Waals surface area contributed by atoms with Crippen LogP contribution in [-0.4, -0.2) is 49.1 Å². The Morgan fingerprint density at radius 2 is 2.00 bits per heavy atom. The molecule has 1 aliphatic heterocycles. The molecule has 0 aromatic heterocycles. The van der Waals surface area contributed by atoms with Gasteiger partial charge in [-0.3, -0.25) is 0 Å².